The van der Waals surface area contributed by atoms with Gasteiger partial charge in [0.1, 0.15) is 23.9 Å². The number of hydrogen-bond donors (Lipinski definition) is 2. The van der Waals surface area contributed by atoms with E-state index in [4.69, 9.17) is 15.6 Å². The molecule has 0 amide bonds. The van der Waals surface area contributed by atoms with Gasteiger partial charge in [0.05, 0.1) is 0 Å². The Morgan fingerprint density at radius 2 is 1.94 bits per heavy atom. The molecule has 0 bridgehead atoms. The van der Waals surface area contributed by atoms with Crippen LogP contribution in [0.2, 0.25) is 0 Å². The zero-order chi connectivity index (χ0) is 11.4. The van der Waals surface area contributed by atoms with Crippen LogP contribution in [0.1, 0.15) is 5.56 Å². The number of pyridine rings is 1. The van der Waals surface area contributed by atoms with Gasteiger partial charge in [0, 0.05) is 11.8 Å². The lowest BCUT2D eigenvalue weighted by molar-refractivity contribution is 0.306. The van der Waals surface area contributed by atoms with Crippen LogP contribution in [0.4, 0.5) is 5.82 Å². The number of aromatic nitrogens is 1. The normalized spacial score (nSPS) is 10.0. The first kappa shape index (κ1) is 10.3. The van der Waals surface area contributed by atoms with Crippen LogP contribution in [0.15, 0.2) is 42.6 Å². The summed E-state index contributed by atoms with van der Waals surface area (Å²) in [4.78, 5) is 3.96. The first-order valence-electron chi connectivity index (χ1n) is 4.87. The van der Waals surface area contributed by atoms with Crippen molar-refractivity contribution in [1.29, 1.82) is 0 Å². The van der Waals surface area contributed by atoms with E-state index in [1.807, 2.05) is 12.1 Å². The molecule has 4 nitrogen and oxygen atoms in total. The fourth-order valence-electron chi connectivity index (χ4n) is 1.28. The predicted octanol–water partition coefficient (Wildman–Crippen LogP) is 1.95. The number of nitrogens with zero attached hydrogens (tertiary/aromatic N) is 1. The summed E-state index contributed by atoms with van der Waals surface area (Å²) in [7, 11) is 0. The first-order chi connectivity index (χ1) is 7.75. The van der Waals surface area contributed by atoms with Gasteiger partial charge in [0.2, 0.25) is 0 Å². The number of anilines is 1. The molecule has 2 aromatic rings. The SMILES string of the molecule is Nc1ncccc1COc1ccc(O)cc1. The summed E-state index contributed by atoms with van der Waals surface area (Å²) in [5.74, 6) is 1.37. The van der Waals surface area contributed by atoms with Gasteiger partial charge in [-0.25, -0.2) is 4.98 Å². The quantitative estimate of drug-likeness (QED) is 0.822. The molecule has 2 rings (SSSR count). The van der Waals surface area contributed by atoms with Crippen molar-refractivity contribution < 1.29 is 9.84 Å². The Hall–Kier alpha value is -2.23. The molecule has 0 aliphatic carbocycles. The van der Waals surface area contributed by atoms with Crippen molar-refractivity contribution in [1.82, 2.24) is 4.98 Å². The molecule has 0 aliphatic heterocycles. The minimum absolute atomic E-state index is 0.216. The molecule has 0 saturated heterocycles. The number of hydrogen-bond acceptors (Lipinski definition) is 4. The highest BCUT2D eigenvalue weighted by Gasteiger charge is 2.00. The maximum absolute atomic E-state index is 9.10. The highest BCUT2D eigenvalue weighted by Crippen LogP contribution is 2.18. The Labute approximate surface area is 93.3 Å². The van der Waals surface area contributed by atoms with Crippen molar-refractivity contribution in [3.63, 3.8) is 0 Å². The Balaban J connectivity index is 2.02. The molecular weight excluding hydrogens is 204 g/mol. The summed E-state index contributed by atoms with van der Waals surface area (Å²) in [6.45, 7) is 0.366. The van der Waals surface area contributed by atoms with Gasteiger partial charge in [-0.2, -0.15) is 0 Å². The molecule has 4 heteroatoms. The van der Waals surface area contributed by atoms with Crippen molar-refractivity contribution in [2.24, 2.45) is 0 Å². The first-order valence-corrected chi connectivity index (χ1v) is 4.87. The Bertz CT molecular complexity index is 469. The third kappa shape index (κ3) is 2.42. The largest absolute Gasteiger partial charge is 0.508 e. The Kier molecular flexibility index (Phi) is 2.91. The number of phenols is 1. The van der Waals surface area contributed by atoms with Gasteiger partial charge < -0.3 is 15.6 Å². The number of nitrogen functional groups attached to an aromatic ring is 1. The molecule has 0 fully saturated rings. The maximum Gasteiger partial charge on any atom is 0.129 e. The van der Waals surface area contributed by atoms with Crippen LogP contribution in [0, 0.1) is 0 Å². The number of phenolic OH excluding ortho intramolecular Hbond substituents is 1. The summed E-state index contributed by atoms with van der Waals surface area (Å²) < 4.78 is 5.50. The summed E-state index contributed by atoms with van der Waals surface area (Å²) in [6.07, 6.45) is 1.64. The van der Waals surface area contributed by atoms with Crippen LogP contribution < -0.4 is 10.5 Å². The van der Waals surface area contributed by atoms with Gasteiger partial charge >= 0.3 is 0 Å². The molecule has 0 atom stereocenters. The van der Waals surface area contributed by atoms with Crippen LogP contribution in [0.25, 0.3) is 0 Å². The highest BCUT2D eigenvalue weighted by atomic mass is 16.5. The molecular formula is C12H12N2O2. The monoisotopic (exact) mass is 216 g/mol. The number of rotatable bonds is 3. The van der Waals surface area contributed by atoms with Gasteiger partial charge in [-0.15, -0.1) is 0 Å². The minimum Gasteiger partial charge on any atom is -0.508 e. The van der Waals surface area contributed by atoms with Crippen molar-refractivity contribution in [2.45, 2.75) is 6.61 Å². The second-order valence-corrected chi connectivity index (χ2v) is 3.33. The van der Waals surface area contributed by atoms with Crippen LogP contribution in [0.3, 0.4) is 0 Å². The molecule has 16 heavy (non-hydrogen) atoms. The minimum atomic E-state index is 0.216. The van der Waals surface area contributed by atoms with E-state index in [1.54, 1.807) is 30.5 Å². The van der Waals surface area contributed by atoms with Crippen LogP contribution in [-0.4, -0.2) is 10.1 Å². The zero-order valence-electron chi connectivity index (χ0n) is 8.63. The smallest absolute Gasteiger partial charge is 0.129 e. The number of nitrogens with two attached hydrogens (primary N) is 1. The van der Waals surface area contributed by atoms with Crippen molar-refractivity contribution in [3.05, 3.63) is 48.2 Å². The summed E-state index contributed by atoms with van der Waals surface area (Å²) in [5.41, 5.74) is 6.52. The summed E-state index contributed by atoms with van der Waals surface area (Å²) >= 11 is 0. The number of benzene rings is 1. The van der Waals surface area contributed by atoms with Gasteiger partial charge in [-0.1, -0.05) is 6.07 Å². The van der Waals surface area contributed by atoms with E-state index in [0.29, 0.717) is 18.2 Å². The average molecular weight is 216 g/mol. The van der Waals surface area contributed by atoms with E-state index in [9.17, 15) is 0 Å². The predicted molar refractivity (Wildman–Crippen MR) is 61.1 cm³/mol. The standard InChI is InChI=1S/C12H12N2O2/c13-12-9(2-1-7-14-12)8-16-11-5-3-10(15)4-6-11/h1-7,15H,8H2,(H2,13,14). The third-order valence-corrected chi connectivity index (χ3v) is 2.16. The van der Waals surface area contributed by atoms with E-state index >= 15 is 0 Å². The molecule has 0 spiro atoms. The molecule has 3 N–H and O–H groups in total. The highest BCUT2D eigenvalue weighted by molar-refractivity contribution is 5.38. The van der Waals surface area contributed by atoms with Crippen LogP contribution in [0.5, 0.6) is 11.5 Å². The van der Waals surface area contributed by atoms with Crippen molar-refractivity contribution in [2.75, 3.05) is 5.73 Å². The second kappa shape index (κ2) is 4.53. The summed E-state index contributed by atoms with van der Waals surface area (Å²) in [6, 6.07) is 10.2. The molecule has 0 aliphatic rings. The Morgan fingerprint density at radius 3 is 2.62 bits per heavy atom. The maximum atomic E-state index is 9.10. The molecule has 1 aromatic carbocycles. The van der Waals surface area contributed by atoms with Crippen LogP contribution in [-0.2, 0) is 6.61 Å². The van der Waals surface area contributed by atoms with Crippen LogP contribution >= 0.6 is 0 Å². The van der Waals surface area contributed by atoms with Crippen molar-refractivity contribution >= 4 is 5.82 Å². The molecule has 0 saturated carbocycles. The molecule has 1 aromatic heterocycles. The topological polar surface area (TPSA) is 68.4 Å². The van der Waals surface area contributed by atoms with E-state index in [1.165, 1.54) is 0 Å². The lowest BCUT2D eigenvalue weighted by atomic mass is 10.3. The van der Waals surface area contributed by atoms with Gasteiger partial charge in [-0.05, 0) is 30.3 Å². The third-order valence-electron chi connectivity index (χ3n) is 2.16. The zero-order valence-corrected chi connectivity index (χ0v) is 8.63. The molecule has 0 radical (unpaired) electrons. The van der Waals surface area contributed by atoms with Gasteiger partial charge in [0.25, 0.3) is 0 Å². The van der Waals surface area contributed by atoms with Gasteiger partial charge in [-0.3, -0.25) is 0 Å². The van der Waals surface area contributed by atoms with E-state index < -0.39 is 0 Å². The van der Waals surface area contributed by atoms with E-state index in [2.05, 4.69) is 4.98 Å². The number of ether oxygens (including phenoxy) is 1. The lowest BCUT2D eigenvalue weighted by Gasteiger charge is -2.07. The van der Waals surface area contributed by atoms with E-state index in [0.717, 1.165) is 5.56 Å². The fourth-order valence-corrected chi connectivity index (χ4v) is 1.28. The van der Waals surface area contributed by atoms with Gasteiger partial charge in [0.15, 0.2) is 0 Å². The molecule has 0 unspecified atom stereocenters. The average Bonchev–Trinajstić information content (AvgIpc) is 2.30. The molecule has 82 valence electrons. The Morgan fingerprint density at radius 1 is 1.19 bits per heavy atom. The summed E-state index contributed by atoms with van der Waals surface area (Å²) in [5, 5.41) is 9.10. The molecule has 1 heterocycles. The fraction of sp³-hybridized carbons (Fsp3) is 0.0833. The van der Waals surface area contributed by atoms with E-state index in [-0.39, 0.29) is 5.75 Å². The lowest BCUT2D eigenvalue weighted by Crippen LogP contribution is -2.01. The number of aromatic hydroxyl groups is 1. The van der Waals surface area contributed by atoms with Crippen molar-refractivity contribution in [3.8, 4) is 11.5 Å². The second-order valence-electron chi connectivity index (χ2n) is 3.33.